The summed E-state index contributed by atoms with van der Waals surface area (Å²) >= 11 is 11.9. The lowest BCUT2D eigenvalue weighted by atomic mass is 10.0. The van der Waals surface area contributed by atoms with Gasteiger partial charge in [-0.3, -0.25) is 9.48 Å². The number of hydrogen-bond acceptors (Lipinski definition) is 2. The fourth-order valence-electron chi connectivity index (χ4n) is 1.72. The molecule has 1 aromatic heterocycles. The van der Waals surface area contributed by atoms with Crippen molar-refractivity contribution in [1.29, 1.82) is 0 Å². The van der Waals surface area contributed by atoms with Crippen LogP contribution in [0, 0.1) is 6.92 Å². The van der Waals surface area contributed by atoms with E-state index in [2.05, 4.69) is 5.10 Å². The molecule has 94 valence electrons. The summed E-state index contributed by atoms with van der Waals surface area (Å²) in [6, 6.07) is 5.11. The average molecular weight is 283 g/mol. The summed E-state index contributed by atoms with van der Waals surface area (Å²) in [6.45, 7) is 1.86. The Labute approximate surface area is 115 Å². The molecule has 0 aliphatic carbocycles. The molecular formula is C13H12Cl2N2O. The number of ketones is 1. The van der Waals surface area contributed by atoms with Crippen LogP contribution < -0.4 is 0 Å². The summed E-state index contributed by atoms with van der Waals surface area (Å²) in [5.74, 6) is -0.00948. The Balaban J connectivity index is 2.27. The number of carbonyl (C=O) groups excluding carboxylic acids is 1. The normalized spacial score (nSPS) is 10.7. The first-order valence-corrected chi connectivity index (χ1v) is 6.20. The number of aromatic nitrogens is 2. The lowest BCUT2D eigenvalue weighted by Crippen LogP contribution is -2.06. The van der Waals surface area contributed by atoms with Gasteiger partial charge in [-0.2, -0.15) is 5.10 Å². The Morgan fingerprint density at radius 2 is 2.11 bits per heavy atom. The molecule has 1 heterocycles. The molecule has 2 rings (SSSR count). The third-order valence-electron chi connectivity index (χ3n) is 2.89. The van der Waals surface area contributed by atoms with E-state index in [0.29, 0.717) is 15.6 Å². The zero-order chi connectivity index (χ0) is 13.3. The third-order valence-corrected chi connectivity index (χ3v) is 3.50. The monoisotopic (exact) mass is 282 g/mol. The van der Waals surface area contributed by atoms with E-state index in [1.807, 2.05) is 6.92 Å². The van der Waals surface area contributed by atoms with E-state index in [9.17, 15) is 4.79 Å². The molecular weight excluding hydrogens is 271 g/mol. The van der Waals surface area contributed by atoms with Crippen LogP contribution in [0.3, 0.4) is 0 Å². The van der Waals surface area contributed by atoms with Gasteiger partial charge in [-0.1, -0.05) is 23.2 Å². The van der Waals surface area contributed by atoms with Crippen LogP contribution in [0.4, 0.5) is 0 Å². The van der Waals surface area contributed by atoms with E-state index in [1.54, 1.807) is 36.1 Å². The quantitative estimate of drug-likeness (QED) is 0.808. The van der Waals surface area contributed by atoms with Gasteiger partial charge in [0.2, 0.25) is 0 Å². The minimum absolute atomic E-state index is 0.00948. The van der Waals surface area contributed by atoms with Gasteiger partial charge in [0.1, 0.15) is 0 Å². The molecule has 18 heavy (non-hydrogen) atoms. The van der Waals surface area contributed by atoms with Crippen molar-refractivity contribution in [2.24, 2.45) is 7.05 Å². The van der Waals surface area contributed by atoms with Crippen molar-refractivity contribution in [3.63, 3.8) is 0 Å². The minimum atomic E-state index is -0.00948. The Bertz CT molecular complexity index is 605. The van der Waals surface area contributed by atoms with E-state index in [-0.39, 0.29) is 12.2 Å². The maximum atomic E-state index is 12.2. The molecule has 2 aromatic rings. The van der Waals surface area contributed by atoms with Crippen molar-refractivity contribution in [3.05, 3.63) is 51.3 Å². The fourth-order valence-corrected chi connectivity index (χ4v) is 2.10. The first-order chi connectivity index (χ1) is 8.49. The number of Topliss-reactive ketones (excluding diaryl/α,β-unsaturated/α-hetero) is 1. The van der Waals surface area contributed by atoms with Gasteiger partial charge < -0.3 is 0 Å². The number of carbonyl (C=O) groups is 1. The highest BCUT2D eigenvalue weighted by Crippen LogP contribution is 2.22. The van der Waals surface area contributed by atoms with E-state index in [4.69, 9.17) is 23.2 Å². The lowest BCUT2D eigenvalue weighted by molar-refractivity contribution is 0.0992. The third kappa shape index (κ3) is 2.57. The number of benzene rings is 1. The second kappa shape index (κ2) is 5.12. The molecule has 0 radical (unpaired) electrons. The molecule has 5 heteroatoms. The van der Waals surface area contributed by atoms with Gasteiger partial charge in [-0.15, -0.1) is 0 Å². The topological polar surface area (TPSA) is 34.9 Å². The van der Waals surface area contributed by atoms with Crippen LogP contribution in [0.1, 0.15) is 21.6 Å². The van der Waals surface area contributed by atoms with Gasteiger partial charge in [0, 0.05) is 29.2 Å². The second-order valence-corrected chi connectivity index (χ2v) is 4.95. The van der Waals surface area contributed by atoms with Gasteiger partial charge in [-0.25, -0.2) is 0 Å². The zero-order valence-electron chi connectivity index (χ0n) is 10.1. The molecule has 0 aliphatic rings. The molecule has 3 nitrogen and oxygen atoms in total. The average Bonchev–Trinajstić information content (AvgIpc) is 2.65. The SMILES string of the molecule is Cc1c(C(=O)Cc2cc(Cl)ccc2Cl)cnn1C. The van der Waals surface area contributed by atoms with Crippen molar-refractivity contribution >= 4 is 29.0 Å². The molecule has 0 atom stereocenters. The summed E-state index contributed by atoms with van der Waals surface area (Å²) in [6.07, 6.45) is 1.81. The zero-order valence-corrected chi connectivity index (χ0v) is 11.6. The standard InChI is InChI=1S/C13H12Cl2N2O/c1-8-11(7-16-17(8)2)13(18)6-9-5-10(14)3-4-12(9)15/h3-5,7H,6H2,1-2H3. The van der Waals surface area contributed by atoms with E-state index in [0.717, 1.165) is 11.3 Å². The summed E-state index contributed by atoms with van der Waals surface area (Å²) in [7, 11) is 1.80. The molecule has 0 fully saturated rings. The number of aryl methyl sites for hydroxylation is 1. The van der Waals surface area contributed by atoms with Crippen LogP contribution in [-0.4, -0.2) is 15.6 Å². The largest absolute Gasteiger partial charge is 0.294 e. The van der Waals surface area contributed by atoms with Crippen molar-refractivity contribution in [3.8, 4) is 0 Å². The summed E-state index contributed by atoms with van der Waals surface area (Å²) in [5.41, 5.74) is 2.20. The number of nitrogens with zero attached hydrogens (tertiary/aromatic N) is 2. The Morgan fingerprint density at radius 3 is 2.72 bits per heavy atom. The predicted octanol–water partition coefficient (Wildman–Crippen LogP) is 3.46. The van der Waals surface area contributed by atoms with Gasteiger partial charge in [0.15, 0.2) is 5.78 Å². The maximum Gasteiger partial charge on any atom is 0.170 e. The molecule has 0 amide bonds. The van der Waals surface area contributed by atoms with Crippen molar-refractivity contribution in [2.45, 2.75) is 13.3 Å². The molecule has 0 bridgehead atoms. The molecule has 0 spiro atoms. The van der Waals surface area contributed by atoms with E-state index >= 15 is 0 Å². The highest BCUT2D eigenvalue weighted by atomic mass is 35.5. The van der Waals surface area contributed by atoms with Crippen molar-refractivity contribution < 1.29 is 4.79 Å². The van der Waals surface area contributed by atoms with Crippen LogP contribution in [0.5, 0.6) is 0 Å². The Hall–Kier alpha value is -1.32. The summed E-state index contributed by atoms with van der Waals surface area (Å²) in [5, 5.41) is 5.18. The highest BCUT2D eigenvalue weighted by Gasteiger charge is 2.15. The van der Waals surface area contributed by atoms with E-state index in [1.165, 1.54) is 0 Å². The Morgan fingerprint density at radius 1 is 1.39 bits per heavy atom. The molecule has 0 saturated heterocycles. The molecule has 0 saturated carbocycles. The van der Waals surface area contributed by atoms with Crippen LogP contribution in [-0.2, 0) is 13.5 Å². The predicted molar refractivity (Wildman–Crippen MR) is 72.4 cm³/mol. The Kier molecular flexibility index (Phi) is 3.73. The number of halogens is 2. The van der Waals surface area contributed by atoms with Crippen molar-refractivity contribution in [2.75, 3.05) is 0 Å². The highest BCUT2D eigenvalue weighted by molar-refractivity contribution is 6.33. The lowest BCUT2D eigenvalue weighted by Gasteiger charge is -2.04. The minimum Gasteiger partial charge on any atom is -0.294 e. The fraction of sp³-hybridized carbons (Fsp3) is 0.231. The van der Waals surface area contributed by atoms with E-state index < -0.39 is 0 Å². The van der Waals surface area contributed by atoms with Crippen LogP contribution in [0.25, 0.3) is 0 Å². The van der Waals surface area contributed by atoms with Gasteiger partial charge in [0.25, 0.3) is 0 Å². The first-order valence-electron chi connectivity index (χ1n) is 5.44. The number of hydrogen-bond donors (Lipinski definition) is 0. The molecule has 0 N–H and O–H groups in total. The smallest absolute Gasteiger partial charge is 0.170 e. The second-order valence-electron chi connectivity index (χ2n) is 4.10. The van der Waals surface area contributed by atoms with Crippen molar-refractivity contribution in [1.82, 2.24) is 9.78 Å². The number of rotatable bonds is 3. The van der Waals surface area contributed by atoms with Crippen LogP contribution in [0.2, 0.25) is 10.0 Å². The molecule has 1 aromatic carbocycles. The van der Waals surface area contributed by atoms with Gasteiger partial charge in [0.05, 0.1) is 11.8 Å². The molecule has 0 unspecified atom stereocenters. The molecule has 0 aliphatic heterocycles. The summed E-state index contributed by atoms with van der Waals surface area (Å²) in [4.78, 5) is 12.2. The first kappa shape index (κ1) is 13.1. The van der Waals surface area contributed by atoms with Gasteiger partial charge in [-0.05, 0) is 30.7 Å². The van der Waals surface area contributed by atoms with Crippen LogP contribution >= 0.6 is 23.2 Å². The summed E-state index contributed by atoms with van der Waals surface area (Å²) < 4.78 is 1.67. The maximum absolute atomic E-state index is 12.2. The van der Waals surface area contributed by atoms with Crippen LogP contribution in [0.15, 0.2) is 24.4 Å². The van der Waals surface area contributed by atoms with Gasteiger partial charge >= 0.3 is 0 Å².